The number of hydrogen-bond acceptors (Lipinski definition) is 4. The van der Waals surface area contributed by atoms with Crippen LogP contribution in [0.1, 0.15) is 22.8 Å². The zero-order chi connectivity index (χ0) is 17.9. The molecular formula is C17H14Cl2NO4-. The molecule has 0 saturated heterocycles. The lowest BCUT2D eigenvalue weighted by molar-refractivity contribution is -0.254. The Balaban J connectivity index is 2.14. The van der Waals surface area contributed by atoms with Gasteiger partial charge in [-0.1, -0.05) is 23.2 Å². The highest BCUT2D eigenvalue weighted by molar-refractivity contribution is 6.31. The van der Waals surface area contributed by atoms with Gasteiger partial charge in [0.2, 0.25) is 0 Å². The van der Waals surface area contributed by atoms with Crippen molar-refractivity contribution in [2.75, 3.05) is 5.32 Å². The number of anilines is 1. The van der Waals surface area contributed by atoms with Gasteiger partial charge >= 0.3 is 0 Å². The minimum Gasteiger partial charge on any atom is -0.545 e. The lowest BCUT2D eigenvalue weighted by Gasteiger charge is -2.18. The van der Waals surface area contributed by atoms with Crippen LogP contribution >= 0.6 is 23.2 Å². The SMILES string of the molecule is Cc1cc(Cl)ccc1O[C@H](C)C(=O)Nc1cc(Cl)ccc1C(=O)[O-]. The molecule has 7 heteroatoms. The van der Waals surface area contributed by atoms with E-state index in [0.29, 0.717) is 10.8 Å². The number of rotatable bonds is 5. The summed E-state index contributed by atoms with van der Waals surface area (Å²) in [5.41, 5.74) is 0.665. The van der Waals surface area contributed by atoms with Crippen LogP contribution in [-0.4, -0.2) is 18.0 Å². The maximum atomic E-state index is 12.3. The van der Waals surface area contributed by atoms with Crippen LogP contribution in [0, 0.1) is 6.92 Å². The quantitative estimate of drug-likeness (QED) is 0.881. The summed E-state index contributed by atoms with van der Waals surface area (Å²) in [5.74, 6) is -1.42. The standard InChI is InChI=1S/C17H15Cl2NO4/c1-9-7-11(18)4-6-15(9)24-10(2)16(21)20-14-8-12(19)3-5-13(14)17(22)23/h3-8,10H,1-2H3,(H,20,21)(H,22,23)/p-1/t10-/m1/s1. The highest BCUT2D eigenvalue weighted by Crippen LogP contribution is 2.24. The summed E-state index contributed by atoms with van der Waals surface area (Å²) < 4.78 is 5.60. The van der Waals surface area contributed by atoms with E-state index in [-0.39, 0.29) is 16.3 Å². The van der Waals surface area contributed by atoms with Gasteiger partial charge in [0.15, 0.2) is 6.10 Å². The molecule has 126 valence electrons. The minimum atomic E-state index is -1.41. The summed E-state index contributed by atoms with van der Waals surface area (Å²) >= 11 is 11.7. The molecule has 0 unspecified atom stereocenters. The van der Waals surface area contributed by atoms with Gasteiger partial charge in [0.25, 0.3) is 5.91 Å². The maximum Gasteiger partial charge on any atom is 0.265 e. The largest absolute Gasteiger partial charge is 0.545 e. The Bertz CT molecular complexity index is 792. The fraction of sp³-hybridized carbons (Fsp3) is 0.176. The molecule has 24 heavy (non-hydrogen) atoms. The van der Waals surface area contributed by atoms with Crippen LogP contribution in [0.3, 0.4) is 0 Å². The zero-order valence-corrected chi connectivity index (χ0v) is 14.4. The monoisotopic (exact) mass is 366 g/mol. The van der Waals surface area contributed by atoms with Gasteiger partial charge in [-0.15, -0.1) is 0 Å². The van der Waals surface area contributed by atoms with Gasteiger partial charge in [-0.25, -0.2) is 0 Å². The third kappa shape index (κ3) is 4.40. The molecular weight excluding hydrogens is 353 g/mol. The van der Waals surface area contributed by atoms with Gasteiger partial charge in [0.05, 0.1) is 11.7 Å². The second-order valence-corrected chi connectivity index (χ2v) is 6.01. The number of halogens is 2. The molecule has 0 bridgehead atoms. The van der Waals surface area contributed by atoms with Gasteiger partial charge in [-0.05, 0) is 55.8 Å². The van der Waals surface area contributed by atoms with Gasteiger partial charge < -0.3 is 20.0 Å². The first kappa shape index (κ1) is 18.1. The first-order valence-corrected chi connectivity index (χ1v) is 7.78. The van der Waals surface area contributed by atoms with Gasteiger partial charge in [0.1, 0.15) is 5.75 Å². The van der Waals surface area contributed by atoms with Crippen molar-refractivity contribution in [1.82, 2.24) is 0 Å². The number of aromatic carboxylic acids is 1. The highest BCUT2D eigenvalue weighted by atomic mass is 35.5. The molecule has 0 fully saturated rings. The number of aryl methyl sites for hydroxylation is 1. The van der Waals surface area contributed by atoms with Crippen molar-refractivity contribution in [2.24, 2.45) is 0 Å². The smallest absolute Gasteiger partial charge is 0.265 e. The average Bonchev–Trinajstić information content (AvgIpc) is 2.49. The first-order valence-electron chi connectivity index (χ1n) is 7.02. The van der Waals surface area contributed by atoms with Crippen LogP contribution in [0.5, 0.6) is 5.75 Å². The summed E-state index contributed by atoms with van der Waals surface area (Å²) in [7, 11) is 0. The van der Waals surface area contributed by atoms with Crippen molar-refractivity contribution < 1.29 is 19.4 Å². The van der Waals surface area contributed by atoms with E-state index in [1.165, 1.54) is 18.2 Å². The van der Waals surface area contributed by atoms with E-state index in [9.17, 15) is 14.7 Å². The molecule has 0 saturated carbocycles. The topological polar surface area (TPSA) is 78.5 Å². The van der Waals surface area contributed by atoms with E-state index in [4.69, 9.17) is 27.9 Å². The van der Waals surface area contributed by atoms with E-state index in [2.05, 4.69) is 5.32 Å². The Labute approximate surface area is 149 Å². The molecule has 1 N–H and O–H groups in total. The fourth-order valence-corrected chi connectivity index (χ4v) is 2.42. The van der Waals surface area contributed by atoms with Gasteiger partial charge in [-0.3, -0.25) is 4.79 Å². The van der Waals surface area contributed by atoms with Crippen LogP contribution in [0.25, 0.3) is 0 Å². The number of carbonyl (C=O) groups excluding carboxylic acids is 2. The summed E-state index contributed by atoms with van der Waals surface area (Å²) in [6.07, 6.45) is -0.863. The zero-order valence-electron chi connectivity index (χ0n) is 12.9. The van der Waals surface area contributed by atoms with Crippen LogP contribution in [-0.2, 0) is 4.79 Å². The van der Waals surface area contributed by atoms with E-state index in [1.807, 2.05) is 0 Å². The molecule has 5 nitrogen and oxygen atoms in total. The lowest BCUT2D eigenvalue weighted by Crippen LogP contribution is -2.32. The number of nitrogens with one attached hydrogen (secondary N) is 1. The molecule has 1 amide bonds. The van der Waals surface area contributed by atoms with Crippen molar-refractivity contribution in [3.05, 3.63) is 57.6 Å². The van der Waals surface area contributed by atoms with E-state index in [1.54, 1.807) is 32.0 Å². The number of carboxylic acids is 1. The number of carbonyl (C=O) groups is 2. The third-order valence-electron chi connectivity index (χ3n) is 3.27. The number of amides is 1. The minimum absolute atomic E-state index is 0.0516. The van der Waals surface area contributed by atoms with Crippen LogP contribution in [0.2, 0.25) is 10.0 Å². The Morgan fingerprint density at radius 3 is 2.38 bits per heavy atom. The number of hydrogen-bond donors (Lipinski definition) is 1. The average molecular weight is 367 g/mol. The second kappa shape index (κ2) is 7.55. The van der Waals surface area contributed by atoms with Crippen molar-refractivity contribution in [1.29, 1.82) is 0 Å². The molecule has 0 aromatic heterocycles. The first-order chi connectivity index (χ1) is 11.3. The Kier molecular flexibility index (Phi) is 5.70. The summed E-state index contributed by atoms with van der Waals surface area (Å²) in [5, 5.41) is 14.4. The van der Waals surface area contributed by atoms with Crippen molar-refractivity contribution in [2.45, 2.75) is 20.0 Å². The summed E-state index contributed by atoms with van der Waals surface area (Å²) in [4.78, 5) is 23.4. The number of carboxylic acid groups (broad SMARTS) is 1. The molecule has 0 spiro atoms. The molecule has 0 aliphatic heterocycles. The van der Waals surface area contributed by atoms with Crippen LogP contribution in [0.15, 0.2) is 36.4 Å². The van der Waals surface area contributed by atoms with E-state index in [0.717, 1.165) is 5.56 Å². The van der Waals surface area contributed by atoms with Gasteiger partial charge in [0, 0.05) is 15.6 Å². The predicted octanol–water partition coefficient (Wildman–Crippen LogP) is 3.07. The molecule has 0 heterocycles. The normalized spacial score (nSPS) is 11.7. The summed E-state index contributed by atoms with van der Waals surface area (Å²) in [6, 6.07) is 9.03. The molecule has 0 aliphatic rings. The number of ether oxygens (including phenoxy) is 1. The van der Waals surface area contributed by atoms with Crippen LogP contribution in [0.4, 0.5) is 5.69 Å². The molecule has 0 aliphatic carbocycles. The van der Waals surface area contributed by atoms with Gasteiger partial charge in [-0.2, -0.15) is 0 Å². The second-order valence-electron chi connectivity index (χ2n) is 5.14. The van der Waals surface area contributed by atoms with E-state index >= 15 is 0 Å². The molecule has 2 aromatic rings. The summed E-state index contributed by atoms with van der Waals surface area (Å²) in [6.45, 7) is 3.35. The van der Waals surface area contributed by atoms with Crippen molar-refractivity contribution in [3.8, 4) is 5.75 Å². The Morgan fingerprint density at radius 2 is 1.75 bits per heavy atom. The highest BCUT2D eigenvalue weighted by Gasteiger charge is 2.18. The maximum absolute atomic E-state index is 12.3. The molecule has 1 atom stereocenters. The molecule has 2 rings (SSSR count). The van der Waals surface area contributed by atoms with Crippen molar-refractivity contribution >= 4 is 40.8 Å². The van der Waals surface area contributed by atoms with E-state index < -0.39 is 18.0 Å². The molecule has 0 radical (unpaired) electrons. The Morgan fingerprint density at radius 1 is 1.12 bits per heavy atom. The number of benzene rings is 2. The lowest BCUT2D eigenvalue weighted by atomic mass is 10.1. The fourth-order valence-electron chi connectivity index (χ4n) is 2.02. The Hall–Kier alpha value is -2.24. The van der Waals surface area contributed by atoms with Crippen molar-refractivity contribution in [3.63, 3.8) is 0 Å². The third-order valence-corrected chi connectivity index (χ3v) is 3.74. The molecule has 2 aromatic carbocycles. The predicted molar refractivity (Wildman–Crippen MR) is 90.7 cm³/mol. The van der Waals surface area contributed by atoms with Crippen LogP contribution < -0.4 is 15.2 Å².